The lowest BCUT2D eigenvalue weighted by Crippen LogP contribution is -2.44. The summed E-state index contributed by atoms with van der Waals surface area (Å²) < 4.78 is 5.85. The lowest BCUT2D eigenvalue weighted by atomic mass is 10.2. The van der Waals surface area contributed by atoms with E-state index in [1.807, 2.05) is 49.4 Å². The van der Waals surface area contributed by atoms with Crippen LogP contribution in [-0.4, -0.2) is 41.6 Å². The lowest BCUT2D eigenvalue weighted by Gasteiger charge is -2.20. The Labute approximate surface area is 181 Å². The largest absolute Gasteiger partial charge is 0.439 e. The third kappa shape index (κ3) is 4.91. The second kappa shape index (κ2) is 9.63. The number of nitrogens with one attached hydrogen (secondary N) is 2. The molecule has 1 unspecified atom stereocenters. The van der Waals surface area contributed by atoms with Gasteiger partial charge in [0.25, 0.3) is 0 Å². The zero-order valence-corrected chi connectivity index (χ0v) is 17.6. The molecule has 1 fully saturated rings. The van der Waals surface area contributed by atoms with Gasteiger partial charge in [-0.05, 0) is 25.5 Å². The van der Waals surface area contributed by atoms with E-state index in [9.17, 15) is 0 Å². The molecule has 0 aliphatic carbocycles. The van der Waals surface area contributed by atoms with Crippen molar-refractivity contribution < 1.29 is 4.42 Å². The molecule has 156 valence electrons. The number of guanidine groups is 1. The van der Waals surface area contributed by atoms with Crippen LogP contribution in [0.2, 0.25) is 5.02 Å². The minimum atomic E-state index is 0.255. The fourth-order valence-electron chi connectivity index (χ4n) is 3.46. The molecule has 1 aliphatic heterocycles. The van der Waals surface area contributed by atoms with Gasteiger partial charge in [-0.3, -0.25) is 0 Å². The molecule has 1 aliphatic rings. The number of nitrogens with zero attached hydrogens (tertiary/aromatic N) is 4. The van der Waals surface area contributed by atoms with E-state index in [4.69, 9.17) is 16.0 Å². The molecule has 7 nitrogen and oxygen atoms in total. The number of rotatable bonds is 6. The zero-order valence-electron chi connectivity index (χ0n) is 16.9. The van der Waals surface area contributed by atoms with Crippen LogP contribution in [-0.2, 0) is 6.54 Å². The van der Waals surface area contributed by atoms with Gasteiger partial charge in [-0.15, -0.1) is 0 Å². The average Bonchev–Trinajstić information content (AvgIpc) is 3.43. The number of aromatic nitrogens is 2. The number of hydrogen-bond acceptors (Lipinski definition) is 5. The number of oxazole rings is 1. The van der Waals surface area contributed by atoms with Crippen LogP contribution in [0.4, 0.5) is 5.82 Å². The van der Waals surface area contributed by atoms with Crippen molar-refractivity contribution in [1.82, 2.24) is 20.6 Å². The first kappa shape index (κ1) is 20.2. The number of pyridine rings is 1. The molecule has 4 rings (SSSR count). The van der Waals surface area contributed by atoms with Crippen LogP contribution >= 0.6 is 11.6 Å². The molecule has 0 spiro atoms. The van der Waals surface area contributed by atoms with E-state index >= 15 is 0 Å². The Balaban J connectivity index is 1.38. The maximum Gasteiger partial charge on any atom is 0.216 e. The quantitative estimate of drug-likeness (QED) is 0.463. The number of halogens is 1. The van der Waals surface area contributed by atoms with E-state index in [1.54, 1.807) is 12.4 Å². The van der Waals surface area contributed by atoms with Crippen molar-refractivity contribution in [2.45, 2.75) is 25.9 Å². The molecular formula is C22H25ClN6O. The third-order valence-electron chi connectivity index (χ3n) is 4.90. The summed E-state index contributed by atoms with van der Waals surface area (Å²) in [6, 6.07) is 13.9. The highest BCUT2D eigenvalue weighted by atomic mass is 35.5. The van der Waals surface area contributed by atoms with Crippen LogP contribution < -0.4 is 15.5 Å². The van der Waals surface area contributed by atoms with Crippen LogP contribution in [0.1, 0.15) is 19.2 Å². The number of aliphatic imine (C=N–C) groups is 1. The van der Waals surface area contributed by atoms with Gasteiger partial charge in [0.2, 0.25) is 5.89 Å². The van der Waals surface area contributed by atoms with Gasteiger partial charge in [0.15, 0.2) is 11.7 Å². The van der Waals surface area contributed by atoms with Crippen LogP contribution in [0.25, 0.3) is 11.3 Å². The second-order valence-electron chi connectivity index (χ2n) is 7.06. The topological polar surface area (TPSA) is 78.6 Å². The molecule has 30 heavy (non-hydrogen) atoms. The van der Waals surface area contributed by atoms with Crippen molar-refractivity contribution in [2.24, 2.45) is 4.99 Å². The summed E-state index contributed by atoms with van der Waals surface area (Å²) in [6.07, 6.45) is 4.49. The zero-order chi connectivity index (χ0) is 20.8. The standard InChI is InChI=1S/C22H25ClN6O/c1-2-24-22(27-14-20-26-13-19(30-20)16-7-4-3-5-8-16)28-17-10-12-29(15-17)21-18(23)9-6-11-25-21/h3-9,11,13,17H,2,10,12,14-15H2,1H3,(H2,24,27,28). The maximum atomic E-state index is 6.29. The Hall–Kier alpha value is -3.06. The Kier molecular flexibility index (Phi) is 6.49. The van der Waals surface area contributed by atoms with Gasteiger partial charge in [0, 0.05) is 37.4 Å². The monoisotopic (exact) mass is 424 g/mol. The van der Waals surface area contributed by atoms with E-state index in [-0.39, 0.29) is 6.04 Å². The van der Waals surface area contributed by atoms with Crippen LogP contribution in [0, 0.1) is 0 Å². The number of anilines is 1. The van der Waals surface area contributed by atoms with Crippen molar-refractivity contribution in [3.05, 3.63) is 65.8 Å². The smallest absolute Gasteiger partial charge is 0.216 e. The first-order valence-electron chi connectivity index (χ1n) is 10.1. The molecule has 1 aromatic carbocycles. The van der Waals surface area contributed by atoms with E-state index in [2.05, 4.69) is 30.5 Å². The first-order chi connectivity index (χ1) is 14.7. The first-order valence-corrected chi connectivity index (χ1v) is 10.5. The van der Waals surface area contributed by atoms with Gasteiger partial charge in [0.1, 0.15) is 12.4 Å². The van der Waals surface area contributed by atoms with Gasteiger partial charge < -0.3 is 20.0 Å². The Morgan fingerprint density at radius 1 is 1.23 bits per heavy atom. The van der Waals surface area contributed by atoms with Crippen molar-refractivity contribution in [2.75, 3.05) is 24.5 Å². The summed E-state index contributed by atoms with van der Waals surface area (Å²) in [4.78, 5) is 15.6. The molecule has 0 bridgehead atoms. The fraction of sp³-hybridized carbons (Fsp3) is 0.318. The number of hydrogen-bond donors (Lipinski definition) is 2. The highest BCUT2D eigenvalue weighted by Crippen LogP contribution is 2.25. The molecular weight excluding hydrogens is 400 g/mol. The van der Waals surface area contributed by atoms with Crippen molar-refractivity contribution in [3.63, 3.8) is 0 Å². The molecule has 2 N–H and O–H groups in total. The Morgan fingerprint density at radius 2 is 2.10 bits per heavy atom. The normalized spacial score (nSPS) is 16.7. The van der Waals surface area contributed by atoms with E-state index in [0.29, 0.717) is 17.5 Å². The minimum absolute atomic E-state index is 0.255. The van der Waals surface area contributed by atoms with Gasteiger partial charge >= 0.3 is 0 Å². The summed E-state index contributed by atoms with van der Waals surface area (Å²) in [5.41, 5.74) is 1.00. The Morgan fingerprint density at radius 3 is 2.90 bits per heavy atom. The molecule has 8 heteroatoms. The van der Waals surface area contributed by atoms with Crippen molar-refractivity contribution in [3.8, 4) is 11.3 Å². The van der Waals surface area contributed by atoms with Gasteiger partial charge in [-0.2, -0.15) is 0 Å². The number of benzene rings is 1. The van der Waals surface area contributed by atoms with E-state index in [0.717, 1.165) is 49.2 Å². The van der Waals surface area contributed by atoms with Gasteiger partial charge in [-0.25, -0.2) is 15.0 Å². The average molecular weight is 425 g/mol. The van der Waals surface area contributed by atoms with E-state index in [1.165, 1.54) is 0 Å². The maximum absolute atomic E-state index is 6.29. The molecule has 0 amide bonds. The summed E-state index contributed by atoms with van der Waals surface area (Å²) >= 11 is 6.29. The highest BCUT2D eigenvalue weighted by molar-refractivity contribution is 6.32. The van der Waals surface area contributed by atoms with Crippen LogP contribution in [0.3, 0.4) is 0 Å². The summed E-state index contributed by atoms with van der Waals surface area (Å²) in [6.45, 7) is 4.90. The molecule has 3 aromatic rings. The molecule has 1 atom stereocenters. The van der Waals surface area contributed by atoms with Crippen molar-refractivity contribution >= 4 is 23.4 Å². The molecule has 0 radical (unpaired) electrons. The SMILES string of the molecule is CCNC(=NCc1ncc(-c2ccccc2)o1)NC1CCN(c2ncccc2Cl)C1. The van der Waals surface area contributed by atoms with Crippen molar-refractivity contribution in [1.29, 1.82) is 0 Å². The predicted octanol–water partition coefficient (Wildman–Crippen LogP) is 3.72. The minimum Gasteiger partial charge on any atom is -0.439 e. The molecule has 3 heterocycles. The highest BCUT2D eigenvalue weighted by Gasteiger charge is 2.25. The summed E-state index contributed by atoms with van der Waals surface area (Å²) in [5.74, 6) is 2.91. The van der Waals surface area contributed by atoms with E-state index < -0.39 is 0 Å². The predicted molar refractivity (Wildman–Crippen MR) is 120 cm³/mol. The molecule has 0 saturated carbocycles. The fourth-order valence-corrected chi connectivity index (χ4v) is 3.70. The van der Waals surface area contributed by atoms with Crippen LogP contribution in [0.15, 0.2) is 64.3 Å². The molecule has 1 saturated heterocycles. The lowest BCUT2D eigenvalue weighted by molar-refractivity contribution is 0.508. The van der Waals surface area contributed by atoms with Crippen LogP contribution in [0.5, 0.6) is 0 Å². The second-order valence-corrected chi connectivity index (χ2v) is 7.47. The van der Waals surface area contributed by atoms with Gasteiger partial charge in [-0.1, -0.05) is 41.9 Å². The Bertz CT molecular complexity index is 990. The summed E-state index contributed by atoms with van der Waals surface area (Å²) in [7, 11) is 0. The third-order valence-corrected chi connectivity index (χ3v) is 5.19. The molecule has 2 aromatic heterocycles. The van der Waals surface area contributed by atoms with Gasteiger partial charge in [0.05, 0.1) is 11.2 Å². The summed E-state index contributed by atoms with van der Waals surface area (Å²) in [5, 5.41) is 7.47.